The number of aryl methyl sites for hydroxylation is 1. The van der Waals surface area contributed by atoms with Crippen molar-refractivity contribution >= 4 is 17.2 Å². The molecule has 0 atom stereocenters. The predicted octanol–water partition coefficient (Wildman–Crippen LogP) is 2.45. The molecule has 1 aromatic carbocycles. The van der Waals surface area contributed by atoms with Gasteiger partial charge in [-0.3, -0.25) is 14.6 Å². The summed E-state index contributed by atoms with van der Waals surface area (Å²) in [5.74, 6) is 1.24. The Labute approximate surface area is 198 Å². The van der Waals surface area contributed by atoms with Gasteiger partial charge in [-0.15, -0.1) is 21.5 Å². The fraction of sp³-hybridized carbons (Fsp3) is 0.500. The van der Waals surface area contributed by atoms with Crippen molar-refractivity contribution in [1.29, 1.82) is 0 Å². The highest BCUT2D eigenvalue weighted by Gasteiger charge is 2.46. The molecule has 0 radical (unpaired) electrons. The van der Waals surface area contributed by atoms with Crippen molar-refractivity contribution in [2.75, 3.05) is 33.2 Å². The number of hydrogen-bond donors (Lipinski definition) is 1. The van der Waals surface area contributed by atoms with Crippen LogP contribution in [-0.4, -0.2) is 68.7 Å². The molecule has 2 aliphatic rings. The molecule has 174 valence electrons. The molecule has 1 N–H and O–H groups in total. The topological polar surface area (TPSA) is 79.2 Å². The third-order valence-electron chi connectivity index (χ3n) is 7.04. The summed E-state index contributed by atoms with van der Waals surface area (Å²) < 4.78 is 2.05. The Balaban J connectivity index is 1.26. The zero-order chi connectivity index (χ0) is 22.8. The highest BCUT2D eigenvalue weighted by molar-refractivity contribution is 7.09. The second kappa shape index (κ2) is 9.32. The number of hydrogen-bond acceptors (Lipinski definition) is 7. The maximum atomic E-state index is 12.9. The second-order valence-corrected chi connectivity index (χ2v) is 10.1. The Bertz CT molecular complexity index is 1100. The molecule has 0 unspecified atom stereocenters. The number of fused-ring (bicyclic) bond motifs is 2. The maximum Gasteiger partial charge on any atom is 0.289 e. The summed E-state index contributed by atoms with van der Waals surface area (Å²) in [7, 11) is 2.18. The van der Waals surface area contributed by atoms with Crippen molar-refractivity contribution < 1.29 is 4.79 Å². The van der Waals surface area contributed by atoms with Crippen molar-refractivity contribution in [1.82, 2.24) is 34.9 Å². The van der Waals surface area contributed by atoms with E-state index in [0.29, 0.717) is 12.4 Å². The summed E-state index contributed by atoms with van der Waals surface area (Å²) in [5.41, 5.74) is 2.20. The van der Waals surface area contributed by atoms with E-state index in [9.17, 15) is 4.79 Å². The van der Waals surface area contributed by atoms with Crippen molar-refractivity contribution in [3.8, 4) is 0 Å². The van der Waals surface area contributed by atoms with Gasteiger partial charge in [-0.25, -0.2) is 4.98 Å². The smallest absolute Gasteiger partial charge is 0.289 e. The van der Waals surface area contributed by atoms with Gasteiger partial charge < -0.3 is 9.88 Å². The minimum absolute atomic E-state index is 0.138. The molecule has 4 heterocycles. The number of benzene rings is 1. The van der Waals surface area contributed by atoms with E-state index in [0.717, 1.165) is 68.5 Å². The van der Waals surface area contributed by atoms with Crippen LogP contribution >= 0.6 is 11.3 Å². The van der Waals surface area contributed by atoms with Gasteiger partial charge in [0.15, 0.2) is 5.82 Å². The summed E-state index contributed by atoms with van der Waals surface area (Å²) in [5, 5.41) is 15.2. The van der Waals surface area contributed by atoms with E-state index in [2.05, 4.69) is 66.3 Å². The van der Waals surface area contributed by atoms with Gasteiger partial charge >= 0.3 is 0 Å². The number of thiazole rings is 1. The zero-order valence-corrected chi connectivity index (χ0v) is 20.1. The molecule has 9 heteroatoms. The molecule has 0 saturated carbocycles. The lowest BCUT2D eigenvalue weighted by Gasteiger charge is -2.49. The van der Waals surface area contributed by atoms with Crippen molar-refractivity contribution in [2.45, 2.75) is 44.8 Å². The van der Waals surface area contributed by atoms with E-state index in [1.807, 2.05) is 18.2 Å². The zero-order valence-electron chi connectivity index (χ0n) is 19.3. The third-order valence-corrected chi connectivity index (χ3v) is 7.86. The Morgan fingerprint density at radius 1 is 1.12 bits per heavy atom. The van der Waals surface area contributed by atoms with E-state index < -0.39 is 0 Å². The lowest BCUT2D eigenvalue weighted by Crippen LogP contribution is -2.56. The van der Waals surface area contributed by atoms with Crippen LogP contribution in [0, 0.1) is 6.92 Å². The SMILES string of the molecule is Cc1nc(CN2CCC3(CC2)c2nnc(C(=O)NCCc4ccccc4)n2CCN3C)cs1. The minimum Gasteiger partial charge on any atom is -0.349 e. The van der Waals surface area contributed by atoms with Gasteiger partial charge in [0, 0.05) is 44.6 Å². The number of piperidine rings is 1. The van der Waals surface area contributed by atoms with E-state index in [1.54, 1.807) is 11.3 Å². The molecule has 5 rings (SSSR count). The van der Waals surface area contributed by atoms with Crippen LogP contribution in [0.5, 0.6) is 0 Å². The fourth-order valence-corrected chi connectivity index (χ4v) is 5.71. The fourth-order valence-electron chi connectivity index (χ4n) is 5.10. The first-order valence-corrected chi connectivity index (χ1v) is 12.5. The van der Waals surface area contributed by atoms with E-state index >= 15 is 0 Å². The number of carbonyl (C=O) groups excluding carboxylic acids is 1. The highest BCUT2D eigenvalue weighted by atomic mass is 32.1. The lowest BCUT2D eigenvalue weighted by molar-refractivity contribution is 0.00588. The Hall–Kier alpha value is -2.62. The molecule has 2 aromatic heterocycles. The molecule has 1 fully saturated rings. The molecule has 3 aromatic rings. The van der Waals surface area contributed by atoms with Crippen molar-refractivity contribution in [2.24, 2.45) is 0 Å². The van der Waals surface area contributed by atoms with Gasteiger partial charge in [0.05, 0.1) is 16.2 Å². The van der Waals surface area contributed by atoms with Gasteiger partial charge in [-0.2, -0.15) is 0 Å². The summed E-state index contributed by atoms with van der Waals surface area (Å²) >= 11 is 1.71. The maximum absolute atomic E-state index is 12.9. The number of likely N-dealkylation sites (N-methyl/N-ethyl adjacent to an activating group) is 1. The molecule has 33 heavy (non-hydrogen) atoms. The van der Waals surface area contributed by atoms with Crippen LogP contribution in [0.2, 0.25) is 0 Å². The molecule has 8 nitrogen and oxygen atoms in total. The average molecular weight is 466 g/mol. The largest absolute Gasteiger partial charge is 0.349 e. The van der Waals surface area contributed by atoms with Gasteiger partial charge in [0.1, 0.15) is 0 Å². The number of amides is 1. The summed E-state index contributed by atoms with van der Waals surface area (Å²) in [6, 6.07) is 10.2. The number of rotatable bonds is 6. The number of likely N-dealkylation sites (tertiary alicyclic amines) is 1. The van der Waals surface area contributed by atoms with Crippen LogP contribution in [0.15, 0.2) is 35.7 Å². The number of nitrogens with zero attached hydrogens (tertiary/aromatic N) is 6. The first-order valence-electron chi connectivity index (χ1n) is 11.7. The molecule has 2 aliphatic heterocycles. The minimum atomic E-state index is -0.164. The normalized spacial score (nSPS) is 18.4. The molecular formula is C24H31N7OS. The molecular weight excluding hydrogens is 434 g/mol. The molecule has 0 bridgehead atoms. The number of carbonyl (C=O) groups is 1. The van der Waals surface area contributed by atoms with Crippen molar-refractivity contribution in [3.63, 3.8) is 0 Å². The van der Waals surface area contributed by atoms with Gasteiger partial charge in [0.2, 0.25) is 5.82 Å². The van der Waals surface area contributed by atoms with Crippen LogP contribution < -0.4 is 5.32 Å². The van der Waals surface area contributed by atoms with Crippen LogP contribution in [0.3, 0.4) is 0 Å². The predicted molar refractivity (Wildman–Crippen MR) is 128 cm³/mol. The Morgan fingerprint density at radius 3 is 2.64 bits per heavy atom. The lowest BCUT2D eigenvalue weighted by atomic mass is 9.83. The van der Waals surface area contributed by atoms with Crippen LogP contribution in [-0.2, 0) is 25.0 Å². The van der Waals surface area contributed by atoms with Crippen molar-refractivity contribution in [3.05, 3.63) is 63.6 Å². The standard InChI is InChI=1S/C24H31N7OS/c1-18-26-20(17-33-18)16-30-12-9-24(10-13-30)23-28-27-21(31(23)15-14-29(24)2)22(32)25-11-8-19-6-4-3-5-7-19/h3-7,17H,8-16H2,1-2H3,(H,25,32). The van der Waals surface area contributed by atoms with E-state index in [1.165, 1.54) is 5.56 Å². The third kappa shape index (κ3) is 4.45. The van der Waals surface area contributed by atoms with Gasteiger partial charge in [0.25, 0.3) is 5.91 Å². The average Bonchev–Trinajstić information content (AvgIpc) is 3.45. The van der Waals surface area contributed by atoms with Gasteiger partial charge in [-0.05, 0) is 38.8 Å². The Morgan fingerprint density at radius 2 is 1.91 bits per heavy atom. The van der Waals surface area contributed by atoms with Gasteiger partial charge in [-0.1, -0.05) is 30.3 Å². The molecule has 1 spiro atoms. The first-order chi connectivity index (χ1) is 16.0. The van der Waals surface area contributed by atoms with E-state index in [4.69, 9.17) is 0 Å². The highest BCUT2D eigenvalue weighted by Crippen LogP contribution is 2.40. The number of nitrogens with one attached hydrogen (secondary N) is 1. The summed E-state index contributed by atoms with van der Waals surface area (Å²) in [4.78, 5) is 22.4. The molecule has 0 aliphatic carbocycles. The van der Waals surface area contributed by atoms with Crippen LogP contribution in [0.4, 0.5) is 0 Å². The quantitative estimate of drug-likeness (QED) is 0.603. The molecule has 1 amide bonds. The second-order valence-electron chi connectivity index (χ2n) is 9.08. The Kier molecular flexibility index (Phi) is 6.27. The summed E-state index contributed by atoms with van der Waals surface area (Å²) in [6.45, 7) is 7.12. The molecule has 1 saturated heterocycles. The van der Waals surface area contributed by atoms with Crippen LogP contribution in [0.25, 0.3) is 0 Å². The summed E-state index contributed by atoms with van der Waals surface area (Å²) in [6.07, 6.45) is 2.75. The number of aromatic nitrogens is 4. The monoisotopic (exact) mass is 465 g/mol. The van der Waals surface area contributed by atoms with E-state index in [-0.39, 0.29) is 11.4 Å². The van der Waals surface area contributed by atoms with Crippen LogP contribution in [0.1, 0.15) is 45.5 Å². The first kappa shape index (κ1) is 22.2.